The molecule has 1 aromatic heterocycles. The van der Waals surface area contributed by atoms with Crippen molar-refractivity contribution in [3.63, 3.8) is 0 Å². The van der Waals surface area contributed by atoms with E-state index in [0.717, 1.165) is 11.3 Å². The second kappa shape index (κ2) is 8.34. The Kier molecular flexibility index (Phi) is 6.18. The van der Waals surface area contributed by atoms with Crippen LogP contribution in [0.2, 0.25) is 0 Å². The predicted molar refractivity (Wildman–Crippen MR) is 96.7 cm³/mol. The van der Waals surface area contributed by atoms with E-state index in [2.05, 4.69) is 4.99 Å². The molecule has 0 radical (unpaired) electrons. The van der Waals surface area contributed by atoms with Crippen LogP contribution in [0, 0.1) is 17.0 Å². The first-order valence-corrected chi connectivity index (χ1v) is 8.50. The normalized spacial score (nSPS) is 11.7. The molecular formula is C17H17N3O5S. The van der Waals surface area contributed by atoms with Gasteiger partial charge in [-0.3, -0.25) is 14.9 Å². The summed E-state index contributed by atoms with van der Waals surface area (Å²) < 4.78 is 6.63. The van der Waals surface area contributed by atoms with Crippen LogP contribution in [0.5, 0.6) is 0 Å². The van der Waals surface area contributed by atoms with Crippen molar-refractivity contribution < 1.29 is 19.2 Å². The minimum absolute atomic E-state index is 0.0225. The smallest absolute Gasteiger partial charge is 0.350 e. The summed E-state index contributed by atoms with van der Waals surface area (Å²) in [5.74, 6) is -0.948. The Balaban J connectivity index is 2.21. The molecule has 0 bridgehead atoms. The molecule has 1 aromatic carbocycles. The molecule has 1 amide bonds. The zero-order valence-corrected chi connectivity index (χ0v) is 15.3. The number of benzene rings is 1. The third-order valence-corrected chi connectivity index (χ3v) is 4.71. The topological polar surface area (TPSA) is 104 Å². The van der Waals surface area contributed by atoms with Gasteiger partial charge in [-0.2, -0.15) is 4.99 Å². The number of nitro benzene ring substituents is 1. The zero-order chi connectivity index (χ0) is 19.3. The Bertz CT molecular complexity index is 938. The number of nitrogens with zero attached hydrogens (tertiary/aromatic N) is 3. The summed E-state index contributed by atoms with van der Waals surface area (Å²) in [4.78, 5) is 38.8. The van der Waals surface area contributed by atoms with Gasteiger partial charge < -0.3 is 9.30 Å². The first kappa shape index (κ1) is 19.3. The van der Waals surface area contributed by atoms with Crippen molar-refractivity contribution in [2.24, 2.45) is 12.0 Å². The van der Waals surface area contributed by atoms with E-state index >= 15 is 0 Å². The molecule has 0 spiro atoms. The zero-order valence-electron chi connectivity index (χ0n) is 14.5. The highest BCUT2D eigenvalue weighted by molar-refractivity contribution is 7.11. The van der Waals surface area contributed by atoms with Crippen molar-refractivity contribution in [1.82, 2.24) is 4.57 Å². The molecule has 0 atom stereocenters. The molecule has 2 rings (SSSR count). The van der Waals surface area contributed by atoms with Crippen LogP contribution in [0.3, 0.4) is 0 Å². The lowest BCUT2D eigenvalue weighted by Gasteiger charge is -2.00. The average Bonchev–Trinajstić information content (AvgIpc) is 2.89. The summed E-state index contributed by atoms with van der Waals surface area (Å²) in [5, 5.41) is 10.6. The summed E-state index contributed by atoms with van der Waals surface area (Å²) in [6.45, 7) is 3.74. The number of rotatable bonds is 5. The van der Waals surface area contributed by atoms with Crippen molar-refractivity contribution in [1.29, 1.82) is 0 Å². The Morgan fingerprint density at radius 2 is 2.00 bits per heavy atom. The Morgan fingerprint density at radius 1 is 1.35 bits per heavy atom. The highest BCUT2D eigenvalue weighted by atomic mass is 32.1. The third-order valence-electron chi connectivity index (χ3n) is 3.50. The van der Waals surface area contributed by atoms with Crippen molar-refractivity contribution >= 4 is 35.0 Å². The summed E-state index contributed by atoms with van der Waals surface area (Å²) in [7, 11) is 1.71. The van der Waals surface area contributed by atoms with E-state index in [-0.39, 0.29) is 12.3 Å². The molecule has 8 nitrogen and oxygen atoms in total. The largest absolute Gasteiger partial charge is 0.462 e. The maximum atomic E-state index is 12.0. The molecule has 2 aromatic rings. The average molecular weight is 375 g/mol. The molecule has 1 heterocycles. The van der Waals surface area contributed by atoms with Crippen molar-refractivity contribution in [2.75, 3.05) is 6.61 Å². The predicted octanol–water partition coefficient (Wildman–Crippen LogP) is 2.62. The summed E-state index contributed by atoms with van der Waals surface area (Å²) in [5.41, 5.74) is 1.28. The molecule has 0 fully saturated rings. The molecule has 0 aliphatic heterocycles. The van der Waals surface area contributed by atoms with Gasteiger partial charge in [-0.15, -0.1) is 0 Å². The Morgan fingerprint density at radius 3 is 2.58 bits per heavy atom. The van der Waals surface area contributed by atoms with Gasteiger partial charge in [-0.05, 0) is 37.6 Å². The number of carbonyl (C=O) groups excluding carboxylic acids is 2. The van der Waals surface area contributed by atoms with Crippen LogP contribution in [-0.4, -0.2) is 28.0 Å². The molecule has 0 saturated carbocycles. The monoisotopic (exact) mass is 375 g/mol. The number of ether oxygens (including phenoxy) is 1. The van der Waals surface area contributed by atoms with E-state index in [4.69, 9.17) is 4.74 Å². The van der Waals surface area contributed by atoms with Gasteiger partial charge in [-0.1, -0.05) is 11.3 Å². The fraction of sp³-hybridized carbons (Fsp3) is 0.235. The minimum atomic E-state index is -0.504. The van der Waals surface area contributed by atoms with E-state index in [1.54, 1.807) is 25.5 Å². The molecule has 0 aliphatic carbocycles. The molecule has 9 heteroatoms. The van der Waals surface area contributed by atoms with Gasteiger partial charge in [0.05, 0.1) is 11.5 Å². The summed E-state index contributed by atoms with van der Waals surface area (Å²) >= 11 is 1.08. The number of non-ortho nitro benzene ring substituents is 1. The van der Waals surface area contributed by atoms with E-state index in [9.17, 15) is 19.7 Å². The fourth-order valence-electron chi connectivity index (χ4n) is 2.02. The van der Waals surface area contributed by atoms with Gasteiger partial charge in [0, 0.05) is 31.0 Å². The molecule has 0 aliphatic rings. The maximum absolute atomic E-state index is 12.0. The number of esters is 1. The number of thiazole rings is 1. The van der Waals surface area contributed by atoms with Crippen molar-refractivity contribution in [3.8, 4) is 0 Å². The highest BCUT2D eigenvalue weighted by Crippen LogP contribution is 2.14. The molecule has 0 N–H and O–H groups in total. The molecule has 0 unspecified atom stereocenters. The second-order valence-corrected chi connectivity index (χ2v) is 6.19. The lowest BCUT2D eigenvalue weighted by Crippen LogP contribution is -2.13. The van der Waals surface area contributed by atoms with Gasteiger partial charge in [0.1, 0.15) is 4.88 Å². The number of nitro groups is 1. The second-order valence-electron chi connectivity index (χ2n) is 5.21. The van der Waals surface area contributed by atoms with Gasteiger partial charge in [0.25, 0.3) is 11.6 Å². The molecule has 0 saturated heterocycles. The van der Waals surface area contributed by atoms with Crippen LogP contribution in [0.25, 0.3) is 6.08 Å². The lowest BCUT2D eigenvalue weighted by atomic mass is 10.2. The Labute approximate surface area is 153 Å². The van der Waals surface area contributed by atoms with Gasteiger partial charge in [0.15, 0.2) is 4.80 Å². The summed E-state index contributed by atoms with van der Waals surface area (Å²) in [6.07, 6.45) is 2.78. The number of hydrogen-bond donors (Lipinski definition) is 0. The number of carbonyl (C=O) groups is 2. The third kappa shape index (κ3) is 4.51. The van der Waals surface area contributed by atoms with E-state index < -0.39 is 16.8 Å². The molecule has 26 heavy (non-hydrogen) atoms. The van der Waals surface area contributed by atoms with Crippen LogP contribution >= 0.6 is 11.3 Å². The van der Waals surface area contributed by atoms with Gasteiger partial charge >= 0.3 is 5.97 Å². The number of amides is 1. The number of hydrogen-bond acceptors (Lipinski definition) is 6. The fourth-order valence-corrected chi connectivity index (χ4v) is 3.04. The van der Waals surface area contributed by atoms with Crippen molar-refractivity contribution in [3.05, 3.63) is 61.4 Å². The van der Waals surface area contributed by atoms with Crippen LogP contribution < -0.4 is 4.80 Å². The van der Waals surface area contributed by atoms with Gasteiger partial charge in [0.2, 0.25) is 0 Å². The van der Waals surface area contributed by atoms with Crippen LogP contribution in [-0.2, 0) is 16.6 Å². The van der Waals surface area contributed by atoms with E-state index in [1.807, 2.05) is 0 Å². The van der Waals surface area contributed by atoms with E-state index in [1.165, 1.54) is 36.4 Å². The standard InChI is InChI=1S/C17H17N3O5S/c1-4-25-16(22)15-11(2)19(3)17(26-15)18-14(21)10-7-12-5-8-13(9-6-12)20(23)24/h5-10H,4H2,1-3H3. The highest BCUT2D eigenvalue weighted by Gasteiger charge is 2.16. The van der Waals surface area contributed by atoms with Gasteiger partial charge in [-0.25, -0.2) is 4.79 Å². The maximum Gasteiger partial charge on any atom is 0.350 e. The number of aromatic nitrogens is 1. The SMILES string of the molecule is CCOC(=O)c1sc(=NC(=O)C=Cc2ccc([N+](=O)[O-])cc2)n(C)c1C. The van der Waals surface area contributed by atoms with Crippen molar-refractivity contribution in [2.45, 2.75) is 13.8 Å². The molecular weight excluding hydrogens is 358 g/mol. The van der Waals surface area contributed by atoms with E-state index in [0.29, 0.717) is 20.9 Å². The first-order chi connectivity index (χ1) is 12.3. The summed E-state index contributed by atoms with van der Waals surface area (Å²) in [6, 6.07) is 5.79. The minimum Gasteiger partial charge on any atom is -0.462 e. The molecule has 136 valence electrons. The first-order valence-electron chi connectivity index (χ1n) is 7.68. The lowest BCUT2D eigenvalue weighted by molar-refractivity contribution is -0.384. The van der Waals surface area contributed by atoms with Crippen LogP contribution in [0.4, 0.5) is 5.69 Å². The Hall–Kier alpha value is -3.07. The van der Waals surface area contributed by atoms with Crippen LogP contribution in [0.1, 0.15) is 27.9 Å². The van der Waals surface area contributed by atoms with Crippen LogP contribution in [0.15, 0.2) is 35.3 Å². The quantitative estimate of drug-likeness (QED) is 0.346.